The third kappa shape index (κ3) is 2.38. The van der Waals surface area contributed by atoms with E-state index in [-0.39, 0.29) is 23.1 Å². The Morgan fingerprint density at radius 1 is 1.25 bits per heavy atom. The summed E-state index contributed by atoms with van der Waals surface area (Å²) in [7, 11) is 0. The fraction of sp³-hybridized carbons (Fsp3) is 0.294. The molecule has 0 aromatic carbocycles. The molecule has 122 valence electrons. The van der Waals surface area contributed by atoms with Crippen molar-refractivity contribution >= 4 is 11.6 Å². The number of carbonyl (C=O) groups is 1. The normalized spacial score (nSPS) is 18.0. The fourth-order valence-corrected chi connectivity index (χ4v) is 3.28. The minimum Gasteiger partial charge on any atom is -0.330 e. The van der Waals surface area contributed by atoms with Gasteiger partial charge in [0.25, 0.3) is 11.5 Å². The minimum absolute atomic E-state index is 0.0791. The van der Waals surface area contributed by atoms with Crippen LogP contribution in [0.15, 0.2) is 47.7 Å². The molecule has 3 aromatic heterocycles. The fourth-order valence-electron chi connectivity index (χ4n) is 3.28. The van der Waals surface area contributed by atoms with E-state index in [9.17, 15) is 9.59 Å². The van der Waals surface area contributed by atoms with Crippen LogP contribution >= 0.6 is 0 Å². The molecule has 1 unspecified atom stereocenters. The van der Waals surface area contributed by atoms with Gasteiger partial charge < -0.3 is 4.90 Å². The van der Waals surface area contributed by atoms with Gasteiger partial charge in [0, 0.05) is 25.1 Å². The first-order valence-electron chi connectivity index (χ1n) is 8.02. The summed E-state index contributed by atoms with van der Waals surface area (Å²) in [6, 6.07) is 7.09. The van der Waals surface area contributed by atoms with Crippen LogP contribution in [0.4, 0.5) is 0 Å². The summed E-state index contributed by atoms with van der Waals surface area (Å²) in [4.78, 5) is 31.7. The maximum Gasteiger partial charge on any atom is 0.270 e. The Kier molecular flexibility index (Phi) is 3.60. The number of hydrogen-bond acceptors (Lipinski definition) is 4. The van der Waals surface area contributed by atoms with E-state index in [2.05, 4.69) is 15.2 Å². The number of aromatic nitrogens is 4. The number of H-pyrrole nitrogens is 1. The monoisotopic (exact) mass is 323 g/mol. The summed E-state index contributed by atoms with van der Waals surface area (Å²) >= 11 is 0. The van der Waals surface area contributed by atoms with Crippen LogP contribution in [0.3, 0.4) is 0 Å². The first-order valence-corrected chi connectivity index (χ1v) is 8.02. The van der Waals surface area contributed by atoms with E-state index in [1.165, 1.54) is 10.6 Å². The van der Waals surface area contributed by atoms with Crippen molar-refractivity contribution in [1.82, 2.24) is 24.5 Å². The number of aromatic amines is 1. The van der Waals surface area contributed by atoms with Gasteiger partial charge in [-0.2, -0.15) is 5.10 Å². The van der Waals surface area contributed by atoms with Gasteiger partial charge in [0.15, 0.2) is 0 Å². The number of carbonyl (C=O) groups excluding carboxylic acids is 1. The van der Waals surface area contributed by atoms with Gasteiger partial charge in [0.05, 0.1) is 11.7 Å². The van der Waals surface area contributed by atoms with Crippen LogP contribution in [0, 0.1) is 0 Å². The third-order valence-corrected chi connectivity index (χ3v) is 4.49. The number of rotatable bonds is 2. The summed E-state index contributed by atoms with van der Waals surface area (Å²) in [5, 5.41) is 6.93. The van der Waals surface area contributed by atoms with E-state index >= 15 is 0 Å². The molecule has 4 heterocycles. The topological polar surface area (TPSA) is 83.4 Å². The molecule has 1 aliphatic heterocycles. The second-order valence-electron chi connectivity index (χ2n) is 5.93. The number of fused-ring (bicyclic) bond motifs is 1. The van der Waals surface area contributed by atoms with Crippen LogP contribution < -0.4 is 5.56 Å². The van der Waals surface area contributed by atoms with E-state index in [0.29, 0.717) is 12.2 Å². The Morgan fingerprint density at radius 2 is 2.17 bits per heavy atom. The van der Waals surface area contributed by atoms with E-state index < -0.39 is 0 Å². The zero-order valence-corrected chi connectivity index (χ0v) is 13.1. The standard InChI is InChI=1S/C17H17N5O2/c23-16(12-11-18-15-6-2-4-10-22(15)17(12)24)21-9-3-1-5-14(21)13-7-8-19-20-13/h2,4,6-8,10-11,14H,1,3,5,9H2,(H,19,20). The van der Waals surface area contributed by atoms with Gasteiger partial charge in [-0.1, -0.05) is 6.07 Å². The predicted octanol–water partition coefficient (Wildman–Crippen LogP) is 1.78. The van der Waals surface area contributed by atoms with Gasteiger partial charge in [-0.3, -0.25) is 19.1 Å². The molecule has 1 saturated heterocycles. The highest BCUT2D eigenvalue weighted by Gasteiger charge is 2.31. The first kappa shape index (κ1) is 14.6. The van der Waals surface area contributed by atoms with Crippen LogP contribution in [0.5, 0.6) is 0 Å². The van der Waals surface area contributed by atoms with Gasteiger partial charge in [0.2, 0.25) is 0 Å². The summed E-state index contributed by atoms with van der Waals surface area (Å²) < 4.78 is 1.41. The molecular weight excluding hydrogens is 306 g/mol. The van der Waals surface area contributed by atoms with Crippen molar-refractivity contribution in [2.24, 2.45) is 0 Å². The molecule has 4 rings (SSSR count). The Bertz CT molecular complexity index is 932. The third-order valence-electron chi connectivity index (χ3n) is 4.49. The lowest BCUT2D eigenvalue weighted by molar-refractivity contribution is 0.0603. The number of pyridine rings is 1. The highest BCUT2D eigenvalue weighted by atomic mass is 16.2. The smallest absolute Gasteiger partial charge is 0.270 e. The molecule has 7 heteroatoms. The largest absolute Gasteiger partial charge is 0.330 e. The van der Waals surface area contributed by atoms with Gasteiger partial charge in [-0.25, -0.2) is 4.98 Å². The molecule has 0 spiro atoms. The van der Waals surface area contributed by atoms with Crippen molar-refractivity contribution in [3.05, 3.63) is 64.5 Å². The summed E-state index contributed by atoms with van der Waals surface area (Å²) in [6.07, 6.45) is 7.53. The second kappa shape index (κ2) is 5.92. The molecule has 24 heavy (non-hydrogen) atoms. The highest BCUT2D eigenvalue weighted by Crippen LogP contribution is 2.30. The molecule has 0 saturated carbocycles. The molecule has 1 fully saturated rings. The Balaban J connectivity index is 1.74. The number of nitrogens with zero attached hydrogens (tertiary/aromatic N) is 4. The predicted molar refractivity (Wildman–Crippen MR) is 87.7 cm³/mol. The molecule has 0 bridgehead atoms. The summed E-state index contributed by atoms with van der Waals surface area (Å²) in [5.41, 5.74) is 1.20. The molecule has 1 atom stereocenters. The van der Waals surface area contributed by atoms with Crippen molar-refractivity contribution in [3.63, 3.8) is 0 Å². The Hall–Kier alpha value is -2.96. The zero-order chi connectivity index (χ0) is 16.5. The van der Waals surface area contributed by atoms with E-state index in [4.69, 9.17) is 0 Å². The number of likely N-dealkylation sites (tertiary alicyclic amines) is 1. The van der Waals surface area contributed by atoms with Crippen molar-refractivity contribution in [2.75, 3.05) is 6.54 Å². The Morgan fingerprint density at radius 3 is 3.00 bits per heavy atom. The first-order chi connectivity index (χ1) is 11.8. The van der Waals surface area contributed by atoms with Gasteiger partial charge >= 0.3 is 0 Å². The number of hydrogen-bond donors (Lipinski definition) is 1. The number of piperidine rings is 1. The van der Waals surface area contributed by atoms with Crippen LogP contribution in [0.2, 0.25) is 0 Å². The Labute approximate surface area is 138 Å². The molecule has 0 aliphatic carbocycles. The van der Waals surface area contributed by atoms with Gasteiger partial charge in [-0.15, -0.1) is 0 Å². The molecule has 1 amide bonds. The van der Waals surface area contributed by atoms with E-state index in [0.717, 1.165) is 25.0 Å². The molecule has 0 radical (unpaired) electrons. The van der Waals surface area contributed by atoms with Crippen molar-refractivity contribution < 1.29 is 4.79 Å². The zero-order valence-electron chi connectivity index (χ0n) is 13.1. The summed E-state index contributed by atoms with van der Waals surface area (Å²) in [5.74, 6) is -0.273. The van der Waals surface area contributed by atoms with Crippen LogP contribution in [-0.2, 0) is 0 Å². The van der Waals surface area contributed by atoms with Crippen molar-refractivity contribution in [2.45, 2.75) is 25.3 Å². The lowest BCUT2D eigenvalue weighted by Gasteiger charge is -2.34. The van der Waals surface area contributed by atoms with Crippen LogP contribution in [0.25, 0.3) is 5.65 Å². The lowest BCUT2D eigenvalue weighted by atomic mass is 9.98. The maximum absolute atomic E-state index is 13.0. The van der Waals surface area contributed by atoms with Crippen molar-refractivity contribution in [3.8, 4) is 0 Å². The second-order valence-corrected chi connectivity index (χ2v) is 5.93. The number of nitrogens with one attached hydrogen (secondary N) is 1. The lowest BCUT2D eigenvalue weighted by Crippen LogP contribution is -2.41. The van der Waals surface area contributed by atoms with Crippen LogP contribution in [-0.4, -0.2) is 36.9 Å². The van der Waals surface area contributed by atoms with Gasteiger partial charge in [0.1, 0.15) is 11.2 Å². The average molecular weight is 323 g/mol. The van der Waals surface area contributed by atoms with E-state index in [1.54, 1.807) is 29.4 Å². The van der Waals surface area contributed by atoms with E-state index in [1.807, 2.05) is 12.1 Å². The average Bonchev–Trinajstić information content (AvgIpc) is 3.16. The SMILES string of the molecule is O=C(c1cnc2ccccn2c1=O)N1CCCCC1c1ccn[nH]1. The maximum atomic E-state index is 13.0. The van der Waals surface area contributed by atoms with Gasteiger partial charge in [-0.05, 0) is 37.5 Å². The summed E-state index contributed by atoms with van der Waals surface area (Å²) in [6.45, 7) is 0.624. The molecule has 1 aliphatic rings. The quantitative estimate of drug-likeness (QED) is 0.779. The minimum atomic E-state index is -0.334. The molecule has 7 nitrogen and oxygen atoms in total. The number of amides is 1. The van der Waals surface area contributed by atoms with Crippen LogP contribution in [0.1, 0.15) is 41.4 Å². The molecule has 1 N–H and O–H groups in total. The molecule has 3 aromatic rings. The highest BCUT2D eigenvalue weighted by molar-refractivity contribution is 5.94. The van der Waals surface area contributed by atoms with Crippen molar-refractivity contribution in [1.29, 1.82) is 0 Å². The molecular formula is C17H17N5O2.